The molecule has 2 aliphatic rings. The minimum Gasteiger partial charge on any atom is -0.300 e. The monoisotopic (exact) mass is 324 g/mol. The second-order valence-corrected chi connectivity index (χ2v) is 7.96. The lowest BCUT2D eigenvalue weighted by Gasteiger charge is -2.34. The van der Waals surface area contributed by atoms with Gasteiger partial charge in [0.05, 0.1) is 0 Å². The van der Waals surface area contributed by atoms with Gasteiger partial charge in [-0.25, -0.2) is 0 Å². The highest BCUT2D eigenvalue weighted by atomic mass is 16.2. The molecule has 3 rings (SSSR count). The molecule has 1 aromatic rings. The van der Waals surface area contributed by atoms with E-state index in [1.54, 1.807) is 4.90 Å². The Morgan fingerprint density at radius 3 is 2.46 bits per heavy atom. The third-order valence-electron chi connectivity index (χ3n) is 5.03. The summed E-state index contributed by atoms with van der Waals surface area (Å²) in [6, 6.07) is 11.0. The van der Waals surface area contributed by atoms with Gasteiger partial charge in [0.1, 0.15) is 0 Å². The molecular weight excluding hydrogens is 296 g/mol. The summed E-state index contributed by atoms with van der Waals surface area (Å²) >= 11 is 0. The Kier molecular flexibility index (Phi) is 4.64. The number of hydrogen-bond acceptors (Lipinski definition) is 2. The van der Waals surface area contributed by atoms with Gasteiger partial charge in [0.25, 0.3) is 0 Å². The van der Waals surface area contributed by atoms with Crippen molar-refractivity contribution < 1.29 is 4.79 Å². The van der Waals surface area contributed by atoms with Gasteiger partial charge in [-0.05, 0) is 37.6 Å². The summed E-state index contributed by atoms with van der Waals surface area (Å²) in [6.45, 7) is 7.05. The molecule has 1 aromatic carbocycles. The molecule has 0 N–H and O–H groups in total. The third-order valence-corrected chi connectivity index (χ3v) is 5.03. The highest BCUT2D eigenvalue weighted by molar-refractivity contribution is 5.83. The summed E-state index contributed by atoms with van der Waals surface area (Å²) in [5, 5.41) is 0. The zero-order valence-electron chi connectivity index (χ0n) is 15.2. The van der Waals surface area contributed by atoms with Crippen molar-refractivity contribution in [2.45, 2.75) is 45.6 Å². The first kappa shape index (κ1) is 17.0. The Morgan fingerprint density at radius 2 is 1.88 bits per heavy atom. The average Bonchev–Trinajstić information content (AvgIpc) is 2.99. The number of likely N-dealkylation sites (N-methyl/N-ethyl adjacent to an activating group) is 1. The van der Waals surface area contributed by atoms with E-state index in [-0.39, 0.29) is 17.2 Å². The van der Waals surface area contributed by atoms with Crippen LogP contribution in [-0.2, 0) is 4.79 Å². The molecule has 0 aromatic heterocycles. The number of hydrogen-bond donors (Lipinski definition) is 0. The van der Waals surface area contributed by atoms with Crippen LogP contribution in [0.2, 0.25) is 0 Å². The fourth-order valence-corrected chi connectivity index (χ4v) is 3.68. The van der Waals surface area contributed by atoms with Crippen LogP contribution in [0.1, 0.15) is 45.1 Å². The summed E-state index contributed by atoms with van der Waals surface area (Å²) in [5.74, 6) is 0.393. The molecule has 0 spiro atoms. The molecule has 0 radical (unpaired) electrons. The fraction of sp³-hybridized carbons (Fsp3) is 0.476. The van der Waals surface area contributed by atoms with Crippen LogP contribution in [0.4, 0.5) is 0 Å². The van der Waals surface area contributed by atoms with Crippen LogP contribution in [0.25, 0.3) is 0 Å². The summed E-state index contributed by atoms with van der Waals surface area (Å²) in [6.07, 6.45) is 8.61. The molecule has 3 nitrogen and oxygen atoms in total. The van der Waals surface area contributed by atoms with Crippen LogP contribution in [0, 0.1) is 5.41 Å². The van der Waals surface area contributed by atoms with Crippen molar-refractivity contribution in [3.05, 3.63) is 59.9 Å². The maximum absolute atomic E-state index is 12.7. The summed E-state index contributed by atoms with van der Waals surface area (Å²) in [7, 11) is 2.19. The predicted molar refractivity (Wildman–Crippen MR) is 98.4 cm³/mol. The molecule has 1 unspecified atom stereocenters. The Hall–Kier alpha value is -1.87. The van der Waals surface area contributed by atoms with Gasteiger partial charge in [-0.1, -0.05) is 57.2 Å². The highest BCUT2D eigenvalue weighted by Gasteiger charge is 2.34. The first-order chi connectivity index (χ1) is 11.4. The standard InChI is InChI=1S/C21H28N2O/c1-21(2,3)20(24)23-14-12-17(16-9-6-5-7-10-16)18(15-23)19-11-8-13-22(19)4/h5-7,9-10,12,14-15,17,19H,8,11,13H2,1-4H3/t17?,19-/m0/s1. The predicted octanol–water partition coefficient (Wildman–Crippen LogP) is 4.15. The highest BCUT2D eigenvalue weighted by Crippen LogP contribution is 2.37. The molecule has 2 atom stereocenters. The van der Waals surface area contributed by atoms with E-state index in [1.165, 1.54) is 17.6 Å². The van der Waals surface area contributed by atoms with Gasteiger partial charge in [0, 0.05) is 29.8 Å². The van der Waals surface area contributed by atoms with Gasteiger partial charge in [-0.3, -0.25) is 14.6 Å². The molecule has 1 fully saturated rings. The number of allylic oxidation sites excluding steroid dienone is 1. The molecular formula is C21H28N2O. The molecule has 128 valence electrons. The Bertz CT molecular complexity index is 654. The summed E-state index contributed by atoms with van der Waals surface area (Å²) in [5.41, 5.74) is 2.25. The van der Waals surface area contributed by atoms with E-state index in [0.717, 1.165) is 13.0 Å². The Balaban J connectivity index is 1.97. The van der Waals surface area contributed by atoms with E-state index in [9.17, 15) is 4.79 Å². The van der Waals surface area contributed by atoms with Crippen LogP contribution in [0.15, 0.2) is 54.4 Å². The number of likely N-dealkylation sites (tertiary alicyclic amines) is 1. The number of carbonyl (C=O) groups excluding carboxylic acids is 1. The van der Waals surface area contributed by atoms with Gasteiger partial charge in [0.2, 0.25) is 5.91 Å². The molecule has 0 saturated carbocycles. The number of nitrogens with zero attached hydrogens (tertiary/aromatic N) is 2. The van der Waals surface area contributed by atoms with E-state index in [1.807, 2.05) is 27.0 Å². The molecule has 1 saturated heterocycles. The number of carbonyl (C=O) groups is 1. The summed E-state index contributed by atoms with van der Waals surface area (Å²) < 4.78 is 0. The SMILES string of the molecule is CN1CCC[C@H]1C1=CN(C(=O)C(C)(C)C)C=CC1c1ccccc1. The summed E-state index contributed by atoms with van der Waals surface area (Å²) in [4.78, 5) is 16.9. The molecule has 1 amide bonds. The molecule has 2 aliphatic heterocycles. The van der Waals surface area contributed by atoms with E-state index < -0.39 is 0 Å². The Morgan fingerprint density at radius 1 is 1.17 bits per heavy atom. The van der Waals surface area contributed by atoms with Crippen LogP contribution in [-0.4, -0.2) is 35.3 Å². The molecule has 3 heteroatoms. The largest absolute Gasteiger partial charge is 0.300 e. The van der Waals surface area contributed by atoms with Gasteiger partial charge in [0.15, 0.2) is 0 Å². The average molecular weight is 324 g/mol. The topological polar surface area (TPSA) is 23.6 Å². The normalized spacial score (nSPS) is 25.0. The maximum Gasteiger partial charge on any atom is 0.235 e. The lowest BCUT2D eigenvalue weighted by Crippen LogP contribution is -2.37. The quantitative estimate of drug-likeness (QED) is 0.816. The van der Waals surface area contributed by atoms with Crippen molar-refractivity contribution >= 4 is 5.91 Å². The molecule has 0 bridgehead atoms. The first-order valence-electron chi connectivity index (χ1n) is 8.86. The second-order valence-electron chi connectivity index (χ2n) is 7.96. The molecule has 0 aliphatic carbocycles. The Labute approximate surface area is 145 Å². The van der Waals surface area contributed by atoms with Gasteiger partial charge >= 0.3 is 0 Å². The second kappa shape index (κ2) is 6.56. The number of rotatable bonds is 2. The maximum atomic E-state index is 12.7. The minimum absolute atomic E-state index is 0.142. The van der Waals surface area contributed by atoms with Crippen molar-refractivity contribution in [2.75, 3.05) is 13.6 Å². The van der Waals surface area contributed by atoms with E-state index in [4.69, 9.17) is 0 Å². The minimum atomic E-state index is -0.382. The molecule has 24 heavy (non-hydrogen) atoms. The van der Waals surface area contributed by atoms with Gasteiger partial charge in [-0.2, -0.15) is 0 Å². The van der Waals surface area contributed by atoms with Crippen molar-refractivity contribution in [3.8, 4) is 0 Å². The zero-order valence-corrected chi connectivity index (χ0v) is 15.2. The lowest BCUT2D eigenvalue weighted by molar-refractivity contribution is -0.134. The van der Waals surface area contributed by atoms with Crippen LogP contribution in [0.5, 0.6) is 0 Å². The molecule has 2 heterocycles. The van der Waals surface area contributed by atoms with Crippen molar-refractivity contribution in [1.82, 2.24) is 9.80 Å². The van der Waals surface area contributed by atoms with E-state index >= 15 is 0 Å². The van der Waals surface area contributed by atoms with Crippen molar-refractivity contribution in [3.63, 3.8) is 0 Å². The van der Waals surface area contributed by atoms with Crippen molar-refractivity contribution in [1.29, 1.82) is 0 Å². The van der Waals surface area contributed by atoms with Crippen LogP contribution >= 0.6 is 0 Å². The third kappa shape index (κ3) is 3.32. The van der Waals surface area contributed by atoms with Crippen LogP contribution in [0.3, 0.4) is 0 Å². The smallest absolute Gasteiger partial charge is 0.235 e. The van der Waals surface area contributed by atoms with E-state index in [2.05, 4.69) is 54.6 Å². The first-order valence-corrected chi connectivity index (χ1v) is 8.86. The van der Waals surface area contributed by atoms with Crippen LogP contribution < -0.4 is 0 Å². The lowest BCUT2D eigenvalue weighted by atomic mass is 9.84. The number of amides is 1. The fourth-order valence-electron chi connectivity index (χ4n) is 3.68. The van der Waals surface area contributed by atoms with Gasteiger partial charge < -0.3 is 0 Å². The zero-order chi connectivity index (χ0) is 17.3. The number of benzene rings is 1. The van der Waals surface area contributed by atoms with Gasteiger partial charge in [-0.15, -0.1) is 0 Å². The van der Waals surface area contributed by atoms with E-state index in [0.29, 0.717) is 6.04 Å². The van der Waals surface area contributed by atoms with Crippen molar-refractivity contribution in [2.24, 2.45) is 5.41 Å².